The van der Waals surface area contributed by atoms with Gasteiger partial charge < -0.3 is 11.5 Å². The fourth-order valence-electron chi connectivity index (χ4n) is 1.34. The highest BCUT2D eigenvalue weighted by atomic mass is 32.2. The molecule has 0 spiro atoms. The summed E-state index contributed by atoms with van der Waals surface area (Å²) in [5.41, 5.74) is 12.7. The van der Waals surface area contributed by atoms with Gasteiger partial charge in [-0.15, -0.1) is 11.8 Å². The van der Waals surface area contributed by atoms with Crippen molar-refractivity contribution in [3.05, 3.63) is 24.3 Å². The molecule has 6 heteroatoms. The number of rotatable bonds is 4. The Hall–Kier alpha value is -1.82. The Labute approximate surface area is 111 Å². The maximum atomic E-state index is 5.88. The zero-order chi connectivity index (χ0) is 13.5. The average Bonchev–Trinajstić information content (AvgIpc) is 2.39. The van der Waals surface area contributed by atoms with Gasteiger partial charge in [0.25, 0.3) is 0 Å². The quantitative estimate of drug-likeness (QED) is 0.489. The summed E-state index contributed by atoms with van der Waals surface area (Å²) in [6.07, 6.45) is 2.01. The van der Waals surface area contributed by atoms with Crippen LogP contribution >= 0.6 is 11.8 Å². The van der Waals surface area contributed by atoms with Crippen molar-refractivity contribution in [2.24, 2.45) is 26.4 Å². The fourth-order valence-corrected chi connectivity index (χ4v) is 1.79. The Balaban J connectivity index is 3.08. The van der Waals surface area contributed by atoms with Gasteiger partial charge in [-0.1, -0.05) is 6.07 Å². The molecular formula is C12H17N5S. The van der Waals surface area contributed by atoms with Crippen molar-refractivity contribution in [3.63, 3.8) is 0 Å². The Bertz CT molecular complexity index is 505. The second kappa shape index (κ2) is 6.80. The summed E-state index contributed by atoms with van der Waals surface area (Å²) in [7, 11) is 3.19. The van der Waals surface area contributed by atoms with E-state index >= 15 is 0 Å². The molecule has 0 unspecified atom stereocenters. The number of hydrogen-bond donors (Lipinski definition) is 2. The van der Waals surface area contributed by atoms with Gasteiger partial charge in [-0.25, -0.2) is 4.99 Å². The van der Waals surface area contributed by atoms with Crippen LogP contribution in [-0.2, 0) is 0 Å². The Morgan fingerprint density at radius 1 is 1.11 bits per heavy atom. The summed E-state index contributed by atoms with van der Waals surface area (Å²) in [6, 6.07) is 7.76. The normalized spacial score (nSPS) is 13.8. The lowest BCUT2D eigenvalue weighted by Gasteiger charge is -2.04. The molecule has 0 aliphatic carbocycles. The average molecular weight is 263 g/mol. The van der Waals surface area contributed by atoms with Gasteiger partial charge in [-0.3, -0.25) is 9.98 Å². The van der Waals surface area contributed by atoms with Crippen molar-refractivity contribution in [1.82, 2.24) is 0 Å². The molecule has 0 bridgehead atoms. The first-order valence-electron chi connectivity index (χ1n) is 5.30. The molecule has 1 aromatic rings. The van der Waals surface area contributed by atoms with Crippen molar-refractivity contribution in [1.29, 1.82) is 0 Å². The van der Waals surface area contributed by atoms with E-state index < -0.39 is 0 Å². The van der Waals surface area contributed by atoms with Crippen LogP contribution < -0.4 is 11.5 Å². The monoisotopic (exact) mass is 263 g/mol. The Morgan fingerprint density at radius 2 is 1.83 bits per heavy atom. The summed E-state index contributed by atoms with van der Waals surface area (Å²) in [4.78, 5) is 13.3. The smallest absolute Gasteiger partial charge is 0.153 e. The van der Waals surface area contributed by atoms with Crippen LogP contribution in [0.1, 0.15) is 0 Å². The first-order valence-corrected chi connectivity index (χ1v) is 6.52. The maximum absolute atomic E-state index is 5.88. The van der Waals surface area contributed by atoms with E-state index in [-0.39, 0.29) is 11.7 Å². The highest BCUT2D eigenvalue weighted by Crippen LogP contribution is 2.20. The molecular weight excluding hydrogens is 246 g/mol. The van der Waals surface area contributed by atoms with Crippen molar-refractivity contribution in [2.45, 2.75) is 4.90 Å². The first-order chi connectivity index (χ1) is 8.62. The number of benzene rings is 1. The first kappa shape index (κ1) is 14.2. The third kappa shape index (κ3) is 3.59. The molecule has 0 fully saturated rings. The molecule has 0 saturated carbocycles. The van der Waals surface area contributed by atoms with E-state index in [1.807, 2.05) is 30.5 Å². The standard InChI is InChI=1S/C12H17N5S/c1-15-10(11(13)16-2)12(14)17-8-5-4-6-9(7-8)18-3/h4-7H,1-3H3,(H2,13,16)(H2,14,17). The third-order valence-corrected chi connectivity index (χ3v) is 2.98. The van der Waals surface area contributed by atoms with E-state index in [1.165, 1.54) is 0 Å². The van der Waals surface area contributed by atoms with Crippen LogP contribution in [-0.4, -0.2) is 37.7 Å². The van der Waals surface area contributed by atoms with E-state index in [2.05, 4.69) is 15.0 Å². The van der Waals surface area contributed by atoms with Gasteiger partial charge in [0, 0.05) is 19.0 Å². The molecule has 18 heavy (non-hydrogen) atoms. The van der Waals surface area contributed by atoms with E-state index in [9.17, 15) is 0 Å². The predicted molar refractivity (Wildman–Crippen MR) is 80.4 cm³/mol. The molecule has 0 aliphatic heterocycles. The van der Waals surface area contributed by atoms with Gasteiger partial charge in [0.1, 0.15) is 11.5 Å². The van der Waals surface area contributed by atoms with E-state index in [0.717, 1.165) is 10.6 Å². The van der Waals surface area contributed by atoms with Gasteiger partial charge in [0.2, 0.25) is 0 Å². The molecule has 1 aromatic carbocycles. The van der Waals surface area contributed by atoms with Crippen LogP contribution in [0.15, 0.2) is 44.1 Å². The number of thioether (sulfide) groups is 1. The molecule has 0 heterocycles. The molecule has 0 aliphatic rings. The predicted octanol–water partition coefficient (Wildman–Crippen LogP) is 1.46. The van der Waals surface area contributed by atoms with Gasteiger partial charge in [0.15, 0.2) is 5.84 Å². The number of hydrogen-bond acceptors (Lipinski definition) is 4. The largest absolute Gasteiger partial charge is 0.382 e. The van der Waals surface area contributed by atoms with Crippen LogP contribution in [0.25, 0.3) is 0 Å². The summed E-state index contributed by atoms with van der Waals surface area (Å²) in [6.45, 7) is 0. The lowest BCUT2D eigenvalue weighted by atomic mass is 10.3. The van der Waals surface area contributed by atoms with Crippen molar-refractivity contribution in [3.8, 4) is 0 Å². The van der Waals surface area contributed by atoms with Gasteiger partial charge >= 0.3 is 0 Å². The highest BCUT2D eigenvalue weighted by molar-refractivity contribution is 7.98. The highest BCUT2D eigenvalue weighted by Gasteiger charge is 2.08. The summed E-state index contributed by atoms with van der Waals surface area (Å²) in [5, 5.41) is 0. The molecule has 1 rings (SSSR count). The van der Waals surface area contributed by atoms with Gasteiger partial charge in [-0.2, -0.15) is 0 Å². The zero-order valence-electron chi connectivity index (χ0n) is 10.7. The van der Waals surface area contributed by atoms with Crippen LogP contribution in [0, 0.1) is 0 Å². The lowest BCUT2D eigenvalue weighted by Crippen LogP contribution is -2.35. The topological polar surface area (TPSA) is 89.1 Å². The SMILES string of the molecule is CN=C(N)C(=NC)C(N)=Nc1cccc(SC)c1. The lowest BCUT2D eigenvalue weighted by molar-refractivity contribution is 1.38. The van der Waals surface area contributed by atoms with E-state index in [1.54, 1.807) is 25.9 Å². The number of nitrogens with zero attached hydrogens (tertiary/aromatic N) is 3. The molecule has 5 nitrogen and oxygen atoms in total. The summed E-state index contributed by atoms with van der Waals surface area (Å²) in [5.74, 6) is 0.540. The van der Waals surface area contributed by atoms with Crippen LogP contribution in [0.5, 0.6) is 0 Å². The molecule has 0 radical (unpaired) electrons. The van der Waals surface area contributed by atoms with Crippen LogP contribution in [0.2, 0.25) is 0 Å². The molecule has 0 amide bonds. The molecule has 0 aromatic heterocycles. The van der Waals surface area contributed by atoms with E-state index in [4.69, 9.17) is 11.5 Å². The second-order valence-corrected chi connectivity index (χ2v) is 4.26. The number of amidine groups is 2. The Morgan fingerprint density at radius 3 is 2.39 bits per heavy atom. The van der Waals surface area contributed by atoms with Gasteiger partial charge in [-0.05, 0) is 24.5 Å². The minimum absolute atomic E-state index is 0.263. The van der Waals surface area contributed by atoms with Crippen molar-refractivity contribution in [2.75, 3.05) is 20.4 Å². The summed E-state index contributed by atoms with van der Waals surface area (Å²) < 4.78 is 0. The summed E-state index contributed by atoms with van der Waals surface area (Å²) >= 11 is 1.65. The second-order valence-electron chi connectivity index (χ2n) is 3.38. The van der Waals surface area contributed by atoms with Crippen LogP contribution in [0.3, 0.4) is 0 Å². The molecule has 4 N–H and O–H groups in total. The Kier molecular flexibility index (Phi) is 5.38. The molecule has 0 atom stereocenters. The minimum atomic E-state index is 0.263. The molecule has 0 saturated heterocycles. The van der Waals surface area contributed by atoms with Crippen LogP contribution in [0.4, 0.5) is 5.69 Å². The van der Waals surface area contributed by atoms with E-state index in [0.29, 0.717) is 5.71 Å². The zero-order valence-corrected chi connectivity index (χ0v) is 11.5. The minimum Gasteiger partial charge on any atom is -0.382 e. The maximum Gasteiger partial charge on any atom is 0.153 e. The van der Waals surface area contributed by atoms with Crippen molar-refractivity contribution < 1.29 is 0 Å². The van der Waals surface area contributed by atoms with Crippen molar-refractivity contribution >= 4 is 34.8 Å². The third-order valence-electron chi connectivity index (χ3n) is 2.25. The molecule has 96 valence electrons. The number of nitrogens with two attached hydrogens (primary N) is 2. The number of aliphatic imine (C=N–C) groups is 3. The van der Waals surface area contributed by atoms with Gasteiger partial charge in [0.05, 0.1) is 5.69 Å². The fraction of sp³-hybridized carbons (Fsp3) is 0.250.